The highest BCUT2D eigenvalue weighted by atomic mass is 35.5. The van der Waals surface area contributed by atoms with E-state index in [0.717, 1.165) is 43.5 Å². The minimum absolute atomic E-state index is 0.271. The molecule has 5 heteroatoms. The second-order valence-electron chi connectivity index (χ2n) is 5.21. The number of aldehydes is 1. The van der Waals surface area contributed by atoms with E-state index in [0.29, 0.717) is 11.1 Å². The van der Waals surface area contributed by atoms with Gasteiger partial charge in [0, 0.05) is 22.8 Å². The van der Waals surface area contributed by atoms with Crippen LogP contribution < -0.4 is 10.6 Å². The van der Waals surface area contributed by atoms with Crippen LogP contribution in [-0.4, -0.2) is 36.5 Å². The minimum Gasteiger partial charge on any atom is -0.358 e. The molecule has 20 heavy (non-hydrogen) atoms. The molecule has 0 spiro atoms. The molecule has 1 saturated heterocycles. The SMILES string of the molecule is O=CC1NC(c2cccc(Cl)c2)=CN1C1CCNCC1. The number of hydrogen-bond donors (Lipinski definition) is 2. The van der Waals surface area contributed by atoms with Crippen molar-refractivity contribution in [2.45, 2.75) is 25.0 Å². The first kappa shape index (κ1) is 13.5. The Morgan fingerprint density at radius 3 is 2.80 bits per heavy atom. The van der Waals surface area contributed by atoms with E-state index >= 15 is 0 Å². The summed E-state index contributed by atoms with van der Waals surface area (Å²) in [6.45, 7) is 2.01. The van der Waals surface area contributed by atoms with Crippen LogP contribution in [0.1, 0.15) is 18.4 Å². The Balaban J connectivity index is 1.84. The third-order valence-corrected chi connectivity index (χ3v) is 4.13. The highest BCUT2D eigenvalue weighted by Crippen LogP contribution is 2.26. The third-order valence-electron chi connectivity index (χ3n) is 3.90. The molecule has 0 bridgehead atoms. The van der Waals surface area contributed by atoms with Crippen LogP contribution in [0.2, 0.25) is 5.02 Å². The number of nitrogens with one attached hydrogen (secondary N) is 2. The maximum atomic E-state index is 11.3. The van der Waals surface area contributed by atoms with Crippen molar-refractivity contribution in [3.63, 3.8) is 0 Å². The zero-order valence-electron chi connectivity index (χ0n) is 11.2. The molecule has 2 aliphatic rings. The van der Waals surface area contributed by atoms with Crippen LogP contribution in [0.25, 0.3) is 5.70 Å². The summed E-state index contributed by atoms with van der Waals surface area (Å²) in [4.78, 5) is 13.5. The average molecular weight is 292 g/mol. The maximum Gasteiger partial charge on any atom is 0.162 e. The summed E-state index contributed by atoms with van der Waals surface area (Å²) in [5, 5.41) is 7.32. The van der Waals surface area contributed by atoms with Gasteiger partial charge in [-0.2, -0.15) is 0 Å². The molecule has 0 radical (unpaired) electrons. The van der Waals surface area contributed by atoms with Crippen molar-refractivity contribution in [3.05, 3.63) is 41.1 Å². The van der Waals surface area contributed by atoms with Gasteiger partial charge in [-0.3, -0.25) is 4.79 Å². The molecule has 1 aromatic carbocycles. The Bertz CT molecular complexity index is 526. The monoisotopic (exact) mass is 291 g/mol. The van der Waals surface area contributed by atoms with E-state index in [2.05, 4.69) is 21.7 Å². The first-order valence-corrected chi connectivity index (χ1v) is 7.33. The van der Waals surface area contributed by atoms with Crippen LogP contribution in [0, 0.1) is 0 Å². The molecule has 2 aliphatic heterocycles. The molecule has 2 heterocycles. The van der Waals surface area contributed by atoms with Gasteiger partial charge in [0.15, 0.2) is 12.5 Å². The lowest BCUT2D eigenvalue weighted by molar-refractivity contribution is -0.112. The van der Waals surface area contributed by atoms with E-state index < -0.39 is 0 Å². The fraction of sp³-hybridized carbons (Fsp3) is 0.400. The van der Waals surface area contributed by atoms with Crippen LogP contribution in [0.5, 0.6) is 0 Å². The molecular formula is C15H18ClN3O. The van der Waals surface area contributed by atoms with Gasteiger partial charge in [0.25, 0.3) is 0 Å². The van der Waals surface area contributed by atoms with E-state index in [-0.39, 0.29) is 6.17 Å². The first-order valence-electron chi connectivity index (χ1n) is 6.95. The molecule has 1 atom stereocenters. The van der Waals surface area contributed by atoms with E-state index in [1.807, 2.05) is 24.3 Å². The Morgan fingerprint density at radius 2 is 2.10 bits per heavy atom. The van der Waals surface area contributed by atoms with E-state index in [1.165, 1.54) is 0 Å². The molecule has 0 amide bonds. The second kappa shape index (κ2) is 5.85. The number of carbonyl (C=O) groups is 1. The Kier molecular flexibility index (Phi) is 3.94. The Labute approximate surface area is 123 Å². The molecule has 1 unspecified atom stereocenters. The van der Waals surface area contributed by atoms with Crippen LogP contribution >= 0.6 is 11.6 Å². The topological polar surface area (TPSA) is 44.4 Å². The lowest BCUT2D eigenvalue weighted by Crippen LogP contribution is -2.47. The number of piperidine rings is 1. The molecule has 2 N–H and O–H groups in total. The molecule has 0 saturated carbocycles. The Morgan fingerprint density at radius 1 is 1.30 bits per heavy atom. The quantitative estimate of drug-likeness (QED) is 0.834. The van der Waals surface area contributed by atoms with Gasteiger partial charge in [-0.05, 0) is 38.1 Å². The van der Waals surface area contributed by atoms with Crippen molar-refractivity contribution in [3.8, 4) is 0 Å². The number of rotatable bonds is 3. The van der Waals surface area contributed by atoms with Gasteiger partial charge in [0.1, 0.15) is 0 Å². The third kappa shape index (κ3) is 2.67. The van der Waals surface area contributed by atoms with Crippen LogP contribution in [0.4, 0.5) is 0 Å². The predicted octanol–water partition coefficient (Wildman–Crippen LogP) is 1.82. The highest BCUT2D eigenvalue weighted by molar-refractivity contribution is 6.30. The molecule has 0 aromatic heterocycles. The van der Waals surface area contributed by atoms with E-state index in [9.17, 15) is 4.79 Å². The number of nitrogens with zero attached hydrogens (tertiary/aromatic N) is 1. The molecule has 106 valence electrons. The lowest BCUT2D eigenvalue weighted by Gasteiger charge is -2.33. The summed E-state index contributed by atoms with van der Waals surface area (Å²) in [5.74, 6) is 0. The number of benzene rings is 1. The van der Waals surface area contributed by atoms with Crippen LogP contribution in [-0.2, 0) is 4.79 Å². The van der Waals surface area contributed by atoms with Crippen molar-refractivity contribution >= 4 is 23.6 Å². The van der Waals surface area contributed by atoms with Gasteiger partial charge in [-0.1, -0.05) is 23.7 Å². The summed E-state index contributed by atoms with van der Waals surface area (Å²) in [6.07, 6.45) is 4.88. The van der Waals surface area contributed by atoms with E-state index in [4.69, 9.17) is 11.6 Å². The summed E-state index contributed by atoms with van der Waals surface area (Å²) >= 11 is 6.03. The van der Waals surface area contributed by atoms with Crippen molar-refractivity contribution in [2.75, 3.05) is 13.1 Å². The zero-order valence-corrected chi connectivity index (χ0v) is 11.9. The largest absolute Gasteiger partial charge is 0.358 e. The fourth-order valence-electron chi connectivity index (χ4n) is 2.86. The van der Waals surface area contributed by atoms with Crippen molar-refractivity contribution in [1.29, 1.82) is 0 Å². The van der Waals surface area contributed by atoms with Gasteiger partial charge in [0.05, 0.1) is 5.70 Å². The minimum atomic E-state index is -0.271. The van der Waals surface area contributed by atoms with Gasteiger partial charge in [-0.15, -0.1) is 0 Å². The molecule has 4 nitrogen and oxygen atoms in total. The average Bonchev–Trinajstić information content (AvgIpc) is 2.92. The first-order chi connectivity index (χ1) is 9.78. The normalized spacial score (nSPS) is 23.4. The summed E-state index contributed by atoms with van der Waals surface area (Å²) in [6, 6.07) is 8.09. The Hall–Kier alpha value is -1.52. The second-order valence-corrected chi connectivity index (χ2v) is 5.64. The maximum absolute atomic E-state index is 11.3. The van der Waals surface area contributed by atoms with Gasteiger partial charge in [-0.25, -0.2) is 0 Å². The fourth-order valence-corrected chi connectivity index (χ4v) is 3.05. The van der Waals surface area contributed by atoms with Crippen LogP contribution in [0.3, 0.4) is 0 Å². The molecule has 1 fully saturated rings. The standard InChI is InChI=1S/C15H18ClN3O/c16-12-3-1-2-11(8-12)14-9-19(15(10-20)18-14)13-4-6-17-7-5-13/h1-3,8-10,13,15,17-18H,4-7H2. The molecular weight excluding hydrogens is 274 g/mol. The summed E-state index contributed by atoms with van der Waals surface area (Å²) in [7, 11) is 0. The van der Waals surface area contributed by atoms with Crippen molar-refractivity contribution in [2.24, 2.45) is 0 Å². The molecule has 3 rings (SSSR count). The predicted molar refractivity (Wildman–Crippen MR) is 80.1 cm³/mol. The van der Waals surface area contributed by atoms with E-state index in [1.54, 1.807) is 0 Å². The van der Waals surface area contributed by atoms with Crippen molar-refractivity contribution < 1.29 is 4.79 Å². The molecule has 0 aliphatic carbocycles. The summed E-state index contributed by atoms with van der Waals surface area (Å²) in [5.41, 5.74) is 1.98. The highest BCUT2D eigenvalue weighted by Gasteiger charge is 2.30. The number of halogens is 1. The summed E-state index contributed by atoms with van der Waals surface area (Å²) < 4.78 is 0. The number of carbonyl (C=O) groups excluding carboxylic acids is 1. The number of hydrogen-bond acceptors (Lipinski definition) is 4. The lowest BCUT2D eigenvalue weighted by atomic mass is 10.1. The van der Waals surface area contributed by atoms with Gasteiger partial charge >= 0.3 is 0 Å². The molecule has 1 aromatic rings. The van der Waals surface area contributed by atoms with Crippen molar-refractivity contribution in [1.82, 2.24) is 15.5 Å². The van der Waals surface area contributed by atoms with Gasteiger partial charge in [0.2, 0.25) is 0 Å². The van der Waals surface area contributed by atoms with Gasteiger partial charge < -0.3 is 15.5 Å². The van der Waals surface area contributed by atoms with Crippen LogP contribution in [0.15, 0.2) is 30.5 Å². The smallest absolute Gasteiger partial charge is 0.162 e. The zero-order chi connectivity index (χ0) is 13.9.